The highest BCUT2D eigenvalue weighted by Gasteiger charge is 2.35. The molecular formula is C23H28BrN3O3S. The van der Waals surface area contributed by atoms with Crippen LogP contribution >= 0.6 is 15.9 Å². The van der Waals surface area contributed by atoms with E-state index in [-0.39, 0.29) is 16.8 Å². The molecular weight excluding hydrogens is 478 g/mol. The van der Waals surface area contributed by atoms with Crippen molar-refractivity contribution in [2.45, 2.75) is 45.1 Å². The number of carbonyl (C=O) groups excluding carboxylic acids is 1. The number of rotatable bonds is 3. The average Bonchev–Trinajstić information content (AvgIpc) is 3.04. The Morgan fingerprint density at radius 2 is 1.74 bits per heavy atom. The number of halogens is 1. The molecule has 0 aromatic heterocycles. The van der Waals surface area contributed by atoms with E-state index in [1.165, 1.54) is 23.7 Å². The Labute approximate surface area is 193 Å². The number of benzene rings is 2. The van der Waals surface area contributed by atoms with Crippen LogP contribution in [0.3, 0.4) is 0 Å². The molecule has 2 aliphatic rings. The summed E-state index contributed by atoms with van der Waals surface area (Å²) in [6.45, 7) is 9.83. The lowest BCUT2D eigenvalue weighted by molar-refractivity contribution is -0.116. The third-order valence-corrected chi connectivity index (χ3v) is 9.32. The predicted molar refractivity (Wildman–Crippen MR) is 127 cm³/mol. The molecule has 4 rings (SSSR count). The van der Waals surface area contributed by atoms with E-state index in [0.29, 0.717) is 36.3 Å². The fourth-order valence-corrected chi connectivity index (χ4v) is 7.18. The average molecular weight is 506 g/mol. The van der Waals surface area contributed by atoms with Crippen LogP contribution in [0.1, 0.15) is 30.5 Å². The number of nitrogens with zero attached hydrogens (tertiary/aromatic N) is 3. The minimum atomic E-state index is -3.68. The van der Waals surface area contributed by atoms with E-state index in [0.717, 1.165) is 12.0 Å². The summed E-state index contributed by atoms with van der Waals surface area (Å²) in [6.07, 6.45) is 0.725. The van der Waals surface area contributed by atoms with E-state index in [9.17, 15) is 13.2 Å². The van der Waals surface area contributed by atoms with Gasteiger partial charge >= 0.3 is 0 Å². The van der Waals surface area contributed by atoms with E-state index in [1.54, 1.807) is 15.3 Å². The molecule has 0 bridgehead atoms. The van der Waals surface area contributed by atoms with Gasteiger partial charge in [-0.05, 0) is 78.0 Å². The SMILES string of the molecule is CC(=O)N1c2cc(S(=O)(=O)N3CCN(c4cccc(C)c4C)CC3)c(Br)cc2C[C@@H]1C. The van der Waals surface area contributed by atoms with Gasteiger partial charge in [0.2, 0.25) is 15.9 Å². The zero-order valence-electron chi connectivity index (χ0n) is 18.4. The molecule has 0 aliphatic carbocycles. The normalized spacial score (nSPS) is 19.6. The zero-order chi connectivity index (χ0) is 22.5. The van der Waals surface area contributed by atoms with Crippen molar-refractivity contribution in [3.63, 3.8) is 0 Å². The van der Waals surface area contributed by atoms with Crippen LogP contribution in [0, 0.1) is 13.8 Å². The second-order valence-electron chi connectivity index (χ2n) is 8.46. The molecule has 1 atom stereocenters. The smallest absolute Gasteiger partial charge is 0.244 e. The fourth-order valence-electron chi connectivity index (χ4n) is 4.68. The second kappa shape index (κ2) is 8.22. The Morgan fingerprint density at radius 3 is 2.39 bits per heavy atom. The first kappa shape index (κ1) is 22.3. The molecule has 2 heterocycles. The van der Waals surface area contributed by atoms with Gasteiger partial charge in [0.15, 0.2) is 0 Å². The highest BCUT2D eigenvalue weighted by molar-refractivity contribution is 9.10. The Kier molecular flexibility index (Phi) is 5.91. The minimum absolute atomic E-state index is 0.0264. The summed E-state index contributed by atoms with van der Waals surface area (Å²) >= 11 is 3.48. The van der Waals surface area contributed by atoms with Gasteiger partial charge in [-0.15, -0.1) is 0 Å². The molecule has 0 saturated carbocycles. The molecule has 8 heteroatoms. The molecule has 2 aromatic carbocycles. The van der Waals surface area contributed by atoms with Gasteiger partial charge in [-0.3, -0.25) is 4.79 Å². The highest BCUT2D eigenvalue weighted by atomic mass is 79.9. The highest BCUT2D eigenvalue weighted by Crippen LogP contribution is 2.39. The molecule has 0 radical (unpaired) electrons. The first-order valence-corrected chi connectivity index (χ1v) is 12.8. The molecule has 166 valence electrons. The van der Waals surface area contributed by atoms with Crippen LogP contribution in [0.15, 0.2) is 39.7 Å². The molecule has 0 N–H and O–H groups in total. The topological polar surface area (TPSA) is 60.9 Å². The molecule has 0 unspecified atom stereocenters. The van der Waals surface area contributed by atoms with Gasteiger partial charge in [0.05, 0.1) is 4.90 Å². The van der Waals surface area contributed by atoms with Gasteiger partial charge in [-0.1, -0.05) is 12.1 Å². The first-order chi connectivity index (χ1) is 14.6. The van der Waals surface area contributed by atoms with E-state index in [4.69, 9.17) is 0 Å². The van der Waals surface area contributed by atoms with Crippen LogP contribution < -0.4 is 9.80 Å². The largest absolute Gasteiger partial charge is 0.369 e. The maximum Gasteiger partial charge on any atom is 0.244 e. The Balaban J connectivity index is 1.59. The van der Waals surface area contributed by atoms with Crippen LogP contribution in [-0.2, 0) is 21.2 Å². The van der Waals surface area contributed by atoms with Crippen LogP contribution in [0.25, 0.3) is 0 Å². The zero-order valence-corrected chi connectivity index (χ0v) is 20.8. The molecule has 1 saturated heterocycles. The van der Waals surface area contributed by atoms with Crippen LogP contribution in [0.4, 0.5) is 11.4 Å². The Morgan fingerprint density at radius 1 is 1.06 bits per heavy atom. The molecule has 6 nitrogen and oxygen atoms in total. The van der Waals surface area contributed by atoms with Crippen molar-refractivity contribution < 1.29 is 13.2 Å². The van der Waals surface area contributed by atoms with Gasteiger partial charge in [0.1, 0.15) is 0 Å². The predicted octanol–water partition coefficient (Wildman–Crippen LogP) is 3.87. The summed E-state index contributed by atoms with van der Waals surface area (Å²) in [6, 6.07) is 9.78. The molecule has 1 amide bonds. The minimum Gasteiger partial charge on any atom is -0.369 e. The number of hydrogen-bond donors (Lipinski definition) is 0. The van der Waals surface area contributed by atoms with E-state index in [2.05, 4.69) is 46.8 Å². The van der Waals surface area contributed by atoms with E-state index < -0.39 is 10.0 Å². The second-order valence-corrected chi connectivity index (χ2v) is 11.2. The number of anilines is 2. The first-order valence-electron chi connectivity index (χ1n) is 10.5. The third-order valence-electron chi connectivity index (χ3n) is 6.46. The summed E-state index contributed by atoms with van der Waals surface area (Å²) < 4.78 is 29.1. The van der Waals surface area contributed by atoms with Crippen LogP contribution in [0.2, 0.25) is 0 Å². The van der Waals surface area contributed by atoms with Gasteiger partial charge in [-0.25, -0.2) is 8.42 Å². The Bertz CT molecular complexity index is 1140. The number of carbonyl (C=O) groups is 1. The van der Waals surface area contributed by atoms with Crippen molar-refractivity contribution in [3.05, 3.63) is 51.5 Å². The number of hydrogen-bond acceptors (Lipinski definition) is 4. The monoisotopic (exact) mass is 505 g/mol. The standard InChI is InChI=1S/C23H28BrN3O3S/c1-15-6-5-7-21(17(15)3)25-8-10-26(11-9-25)31(29,30)23-14-22-19(13-20(23)24)12-16(2)27(22)18(4)28/h5-7,13-14,16H,8-12H2,1-4H3/t16-/m0/s1. The molecule has 2 aromatic rings. The fraction of sp³-hybridized carbons (Fsp3) is 0.435. The Hall–Kier alpha value is -1.90. The maximum absolute atomic E-state index is 13.5. The quantitative estimate of drug-likeness (QED) is 0.634. The van der Waals surface area contributed by atoms with Crippen LogP contribution in [-0.4, -0.2) is 50.9 Å². The van der Waals surface area contributed by atoms with Gasteiger partial charge in [0.25, 0.3) is 0 Å². The third kappa shape index (κ3) is 3.90. The lowest BCUT2D eigenvalue weighted by Gasteiger charge is -2.36. The summed E-state index contributed by atoms with van der Waals surface area (Å²) in [4.78, 5) is 16.3. The van der Waals surface area contributed by atoms with Crippen LogP contribution in [0.5, 0.6) is 0 Å². The van der Waals surface area contributed by atoms with Gasteiger partial charge in [-0.2, -0.15) is 4.31 Å². The number of sulfonamides is 1. The van der Waals surface area contributed by atoms with Crippen molar-refractivity contribution in [1.82, 2.24) is 4.31 Å². The van der Waals surface area contributed by atoms with Crippen molar-refractivity contribution in [2.24, 2.45) is 0 Å². The maximum atomic E-state index is 13.5. The van der Waals surface area contributed by atoms with Crippen molar-refractivity contribution in [3.8, 4) is 0 Å². The van der Waals surface area contributed by atoms with E-state index in [1.807, 2.05) is 19.1 Å². The number of aryl methyl sites for hydroxylation is 1. The molecule has 1 fully saturated rings. The van der Waals surface area contributed by atoms with Crippen molar-refractivity contribution in [1.29, 1.82) is 0 Å². The summed E-state index contributed by atoms with van der Waals surface area (Å²) in [5, 5.41) is 0. The molecule has 0 spiro atoms. The molecule has 31 heavy (non-hydrogen) atoms. The molecule has 2 aliphatic heterocycles. The number of piperazine rings is 1. The lowest BCUT2D eigenvalue weighted by atomic mass is 10.1. The van der Waals surface area contributed by atoms with Crippen molar-refractivity contribution in [2.75, 3.05) is 36.0 Å². The number of fused-ring (bicyclic) bond motifs is 1. The summed E-state index contributed by atoms with van der Waals surface area (Å²) in [5.74, 6) is -0.0703. The van der Waals surface area contributed by atoms with Crippen molar-refractivity contribution >= 4 is 43.2 Å². The van der Waals surface area contributed by atoms with Gasteiger partial charge in [0, 0.05) is 55.0 Å². The summed E-state index contributed by atoms with van der Waals surface area (Å²) in [5.41, 5.74) is 5.34. The van der Waals surface area contributed by atoms with Gasteiger partial charge < -0.3 is 9.80 Å². The number of amides is 1. The summed E-state index contributed by atoms with van der Waals surface area (Å²) in [7, 11) is -3.68. The van der Waals surface area contributed by atoms with E-state index >= 15 is 0 Å². The lowest BCUT2D eigenvalue weighted by Crippen LogP contribution is -2.49.